The summed E-state index contributed by atoms with van der Waals surface area (Å²) in [5, 5.41) is 0. The average molecular weight is 260 g/mol. The molecule has 1 aliphatic heterocycles. The summed E-state index contributed by atoms with van der Waals surface area (Å²) in [5.41, 5.74) is 1.35. The van der Waals surface area contributed by atoms with Crippen molar-refractivity contribution in [2.45, 2.75) is 39.2 Å². The van der Waals surface area contributed by atoms with E-state index in [1.807, 2.05) is 29.7 Å². The number of urea groups is 1. The third-order valence-electron chi connectivity index (χ3n) is 4.26. The van der Waals surface area contributed by atoms with E-state index in [2.05, 4.69) is 31.2 Å². The van der Waals surface area contributed by atoms with Gasteiger partial charge < -0.3 is 9.80 Å². The Morgan fingerprint density at radius 3 is 2.47 bits per heavy atom. The minimum Gasteiger partial charge on any atom is -0.325 e. The molecule has 0 radical (unpaired) electrons. The Hall–Kier alpha value is -1.51. The number of hydrogen-bond acceptors (Lipinski definition) is 1. The number of benzene rings is 1. The standard InChI is InChI=1S/C16H24N2O/c1-4-17(5-2)16(19)18-12-11-15(13(18)3)14-9-7-6-8-10-14/h6-10,13,15H,4-5,11-12H2,1-3H3. The monoisotopic (exact) mass is 260 g/mol. The number of carbonyl (C=O) groups is 1. The van der Waals surface area contributed by atoms with Gasteiger partial charge in [0.25, 0.3) is 0 Å². The molecule has 0 bridgehead atoms. The van der Waals surface area contributed by atoms with Gasteiger partial charge in [0.1, 0.15) is 0 Å². The van der Waals surface area contributed by atoms with Gasteiger partial charge in [-0.2, -0.15) is 0 Å². The quantitative estimate of drug-likeness (QED) is 0.817. The lowest BCUT2D eigenvalue weighted by atomic mass is 9.93. The first-order chi connectivity index (χ1) is 9.19. The van der Waals surface area contributed by atoms with Crippen molar-refractivity contribution >= 4 is 6.03 Å². The lowest BCUT2D eigenvalue weighted by Crippen LogP contribution is -2.45. The van der Waals surface area contributed by atoms with Gasteiger partial charge in [-0.15, -0.1) is 0 Å². The van der Waals surface area contributed by atoms with E-state index in [9.17, 15) is 4.79 Å². The van der Waals surface area contributed by atoms with E-state index in [1.165, 1.54) is 5.56 Å². The molecule has 1 aromatic rings. The molecule has 1 saturated heterocycles. The predicted octanol–water partition coefficient (Wildman–Crippen LogP) is 3.33. The molecule has 1 aliphatic rings. The van der Waals surface area contributed by atoms with Crippen LogP contribution in [0.5, 0.6) is 0 Å². The first kappa shape index (κ1) is 13.9. The van der Waals surface area contributed by atoms with Crippen molar-refractivity contribution in [1.82, 2.24) is 9.80 Å². The SMILES string of the molecule is CCN(CC)C(=O)N1CCC(c2ccccc2)C1C. The molecule has 1 fully saturated rings. The van der Waals surface area contributed by atoms with Crippen LogP contribution in [0.15, 0.2) is 30.3 Å². The lowest BCUT2D eigenvalue weighted by Gasteiger charge is -2.30. The highest BCUT2D eigenvalue weighted by atomic mass is 16.2. The Labute approximate surface area is 116 Å². The average Bonchev–Trinajstić information content (AvgIpc) is 2.83. The second-order valence-corrected chi connectivity index (χ2v) is 5.19. The second kappa shape index (κ2) is 6.09. The van der Waals surface area contributed by atoms with Gasteiger partial charge in [0, 0.05) is 31.6 Å². The Morgan fingerprint density at radius 1 is 1.26 bits per heavy atom. The topological polar surface area (TPSA) is 23.6 Å². The summed E-state index contributed by atoms with van der Waals surface area (Å²) >= 11 is 0. The number of nitrogens with zero attached hydrogens (tertiary/aromatic N) is 2. The first-order valence-corrected chi connectivity index (χ1v) is 7.29. The number of carbonyl (C=O) groups excluding carboxylic acids is 1. The third kappa shape index (κ3) is 2.75. The van der Waals surface area contributed by atoms with Gasteiger partial charge in [0.05, 0.1) is 0 Å². The molecule has 2 rings (SSSR count). The molecule has 3 heteroatoms. The number of likely N-dealkylation sites (tertiary alicyclic amines) is 1. The van der Waals surface area contributed by atoms with Crippen molar-refractivity contribution in [3.8, 4) is 0 Å². The van der Waals surface area contributed by atoms with E-state index >= 15 is 0 Å². The van der Waals surface area contributed by atoms with Gasteiger partial charge in [0.15, 0.2) is 0 Å². The van der Waals surface area contributed by atoms with Crippen LogP contribution in [0, 0.1) is 0 Å². The second-order valence-electron chi connectivity index (χ2n) is 5.19. The molecule has 2 unspecified atom stereocenters. The Kier molecular flexibility index (Phi) is 4.46. The molecule has 2 amide bonds. The molecule has 0 spiro atoms. The van der Waals surface area contributed by atoms with Crippen LogP contribution in [0.4, 0.5) is 4.79 Å². The van der Waals surface area contributed by atoms with Crippen LogP contribution < -0.4 is 0 Å². The third-order valence-corrected chi connectivity index (χ3v) is 4.26. The first-order valence-electron chi connectivity index (χ1n) is 7.29. The van der Waals surface area contributed by atoms with Crippen molar-refractivity contribution < 1.29 is 4.79 Å². The van der Waals surface area contributed by atoms with Crippen LogP contribution in [-0.4, -0.2) is 41.5 Å². The zero-order valence-electron chi connectivity index (χ0n) is 12.2. The van der Waals surface area contributed by atoms with Crippen LogP contribution >= 0.6 is 0 Å². The zero-order chi connectivity index (χ0) is 13.8. The molecule has 3 nitrogen and oxygen atoms in total. The minimum absolute atomic E-state index is 0.191. The smallest absolute Gasteiger partial charge is 0.320 e. The number of hydrogen-bond donors (Lipinski definition) is 0. The molecular formula is C16H24N2O. The Balaban J connectivity index is 2.10. The highest BCUT2D eigenvalue weighted by Crippen LogP contribution is 2.33. The van der Waals surface area contributed by atoms with E-state index in [4.69, 9.17) is 0 Å². The maximum atomic E-state index is 12.4. The van der Waals surface area contributed by atoms with Crippen molar-refractivity contribution in [3.63, 3.8) is 0 Å². The minimum atomic E-state index is 0.191. The summed E-state index contributed by atoms with van der Waals surface area (Å²) in [6, 6.07) is 11.0. The maximum Gasteiger partial charge on any atom is 0.320 e. The molecule has 0 saturated carbocycles. The summed E-state index contributed by atoms with van der Waals surface area (Å²) in [4.78, 5) is 16.4. The summed E-state index contributed by atoms with van der Waals surface area (Å²) in [6.07, 6.45) is 1.07. The van der Waals surface area contributed by atoms with Crippen molar-refractivity contribution in [2.75, 3.05) is 19.6 Å². The molecule has 0 N–H and O–H groups in total. The molecule has 0 aliphatic carbocycles. The molecule has 1 aromatic carbocycles. The van der Waals surface area contributed by atoms with Gasteiger partial charge in [-0.25, -0.2) is 4.79 Å². The normalized spacial score (nSPS) is 22.6. The lowest BCUT2D eigenvalue weighted by molar-refractivity contribution is 0.154. The van der Waals surface area contributed by atoms with Gasteiger partial charge in [-0.3, -0.25) is 0 Å². The van der Waals surface area contributed by atoms with E-state index in [0.29, 0.717) is 5.92 Å². The van der Waals surface area contributed by atoms with Crippen LogP contribution in [0.25, 0.3) is 0 Å². The van der Waals surface area contributed by atoms with Crippen LogP contribution in [-0.2, 0) is 0 Å². The molecule has 104 valence electrons. The zero-order valence-corrected chi connectivity index (χ0v) is 12.2. The van der Waals surface area contributed by atoms with E-state index < -0.39 is 0 Å². The Bertz CT molecular complexity index is 414. The van der Waals surface area contributed by atoms with E-state index in [1.54, 1.807) is 0 Å². The van der Waals surface area contributed by atoms with Gasteiger partial charge in [-0.05, 0) is 32.8 Å². The summed E-state index contributed by atoms with van der Waals surface area (Å²) in [6.45, 7) is 8.69. The molecule has 2 atom stereocenters. The Morgan fingerprint density at radius 2 is 1.89 bits per heavy atom. The van der Waals surface area contributed by atoms with Gasteiger partial charge >= 0.3 is 6.03 Å². The van der Waals surface area contributed by atoms with Crippen molar-refractivity contribution in [3.05, 3.63) is 35.9 Å². The fourth-order valence-electron chi connectivity index (χ4n) is 3.03. The molecule has 1 heterocycles. The fourth-order valence-corrected chi connectivity index (χ4v) is 3.03. The molecule has 0 aromatic heterocycles. The van der Waals surface area contributed by atoms with Crippen molar-refractivity contribution in [2.24, 2.45) is 0 Å². The highest BCUT2D eigenvalue weighted by molar-refractivity contribution is 5.75. The maximum absolute atomic E-state index is 12.4. The highest BCUT2D eigenvalue weighted by Gasteiger charge is 2.35. The fraction of sp³-hybridized carbons (Fsp3) is 0.562. The van der Waals surface area contributed by atoms with E-state index in [0.717, 1.165) is 26.1 Å². The van der Waals surface area contributed by atoms with Gasteiger partial charge in [-0.1, -0.05) is 30.3 Å². The van der Waals surface area contributed by atoms with Crippen molar-refractivity contribution in [1.29, 1.82) is 0 Å². The van der Waals surface area contributed by atoms with Gasteiger partial charge in [0.2, 0.25) is 0 Å². The predicted molar refractivity (Wildman–Crippen MR) is 78.3 cm³/mol. The van der Waals surface area contributed by atoms with Crippen LogP contribution in [0.2, 0.25) is 0 Å². The van der Waals surface area contributed by atoms with Crippen LogP contribution in [0.3, 0.4) is 0 Å². The molecule has 19 heavy (non-hydrogen) atoms. The number of rotatable bonds is 3. The van der Waals surface area contributed by atoms with Crippen LogP contribution in [0.1, 0.15) is 38.7 Å². The van der Waals surface area contributed by atoms with E-state index in [-0.39, 0.29) is 12.1 Å². The largest absolute Gasteiger partial charge is 0.325 e. The summed E-state index contributed by atoms with van der Waals surface area (Å²) in [7, 11) is 0. The summed E-state index contributed by atoms with van der Waals surface area (Å²) in [5.74, 6) is 0.473. The number of amides is 2. The molecular weight excluding hydrogens is 236 g/mol. The summed E-state index contributed by atoms with van der Waals surface area (Å²) < 4.78 is 0.